The topological polar surface area (TPSA) is 106 Å². The number of hydrogen-bond acceptors (Lipinski definition) is 8. The third-order valence-corrected chi connectivity index (χ3v) is 8.00. The molecule has 1 aliphatic rings. The van der Waals surface area contributed by atoms with Gasteiger partial charge in [-0.25, -0.2) is 5.84 Å². The van der Waals surface area contributed by atoms with Crippen LogP contribution < -0.4 is 31.4 Å². The van der Waals surface area contributed by atoms with Crippen molar-refractivity contribution >= 4 is 47.1 Å². The van der Waals surface area contributed by atoms with Crippen molar-refractivity contribution in [3.8, 4) is 21.9 Å². The maximum absolute atomic E-state index is 12.7. The summed E-state index contributed by atoms with van der Waals surface area (Å²) in [5.41, 5.74) is 13.5. The molecule has 1 amide bonds. The number of anilines is 1. The van der Waals surface area contributed by atoms with Gasteiger partial charge in [0.05, 0.1) is 13.3 Å². The number of rotatable bonds is 10. The van der Waals surface area contributed by atoms with Gasteiger partial charge in [-0.05, 0) is 41.4 Å². The van der Waals surface area contributed by atoms with Crippen LogP contribution in [0.4, 0.5) is 5.00 Å². The largest absolute Gasteiger partial charge is 0.497 e. The Labute approximate surface area is 262 Å². The van der Waals surface area contributed by atoms with E-state index in [4.69, 9.17) is 21.1 Å². The molecule has 222 valence electrons. The van der Waals surface area contributed by atoms with Crippen LogP contribution >= 0.6 is 36.2 Å². The van der Waals surface area contributed by atoms with E-state index in [2.05, 4.69) is 41.6 Å². The number of ether oxygens (including phenoxy) is 2. The van der Waals surface area contributed by atoms with Crippen LogP contribution in [-0.2, 0) is 31.0 Å². The van der Waals surface area contributed by atoms with Crippen molar-refractivity contribution in [1.82, 2.24) is 10.3 Å². The van der Waals surface area contributed by atoms with Crippen molar-refractivity contribution in [2.75, 3.05) is 19.1 Å². The van der Waals surface area contributed by atoms with Gasteiger partial charge < -0.3 is 20.1 Å². The van der Waals surface area contributed by atoms with Gasteiger partial charge in [0.15, 0.2) is 5.75 Å². The minimum absolute atomic E-state index is 0. The Kier molecular flexibility index (Phi) is 11.8. The summed E-state index contributed by atoms with van der Waals surface area (Å²) in [7, 11) is 3.73. The molecule has 1 aliphatic heterocycles. The molecule has 11 heteroatoms. The van der Waals surface area contributed by atoms with Crippen LogP contribution in [0.3, 0.4) is 0 Å². The first-order valence-electron chi connectivity index (χ1n) is 13.0. The number of fused-ring (bicyclic) bond motifs is 1. The number of nitrogens with two attached hydrogens (primary N) is 2. The molecule has 0 atom stereocenters. The Hall–Kier alpha value is -3.57. The molecule has 0 radical (unpaired) electrons. The van der Waals surface area contributed by atoms with Gasteiger partial charge in [-0.2, -0.15) is 0 Å². The number of benzene rings is 3. The molecule has 0 spiro atoms. The number of nitrogens with one attached hydrogen (secondary N) is 1. The fraction of sp³-hybridized carbons (Fsp3) is 0.194. The standard InChI is InChI=1S/C31H33N5O3S.2ClH/c1-35(17-22-7-4-3-5-8-22)19-26-28-31(40-29(26)24-13-11-21(16-32)12-14-24)36(20-27(39-28)30(37)34-33)18-23-9-6-10-25(15-23)38-2;;/h3-15,20H,16-19,32-33H2,1-2H3,(H,34,37);2*1H. The zero-order chi connectivity index (χ0) is 28.1. The summed E-state index contributed by atoms with van der Waals surface area (Å²) < 4.78 is 11.7. The van der Waals surface area contributed by atoms with Gasteiger partial charge in [0.2, 0.25) is 5.76 Å². The predicted octanol–water partition coefficient (Wildman–Crippen LogP) is 5.59. The molecule has 1 aromatic heterocycles. The maximum Gasteiger partial charge on any atom is 0.302 e. The van der Waals surface area contributed by atoms with E-state index >= 15 is 0 Å². The van der Waals surface area contributed by atoms with E-state index in [9.17, 15) is 4.79 Å². The monoisotopic (exact) mass is 627 g/mol. The van der Waals surface area contributed by atoms with Crippen molar-refractivity contribution in [3.63, 3.8) is 0 Å². The number of thiophene rings is 1. The molecule has 0 bridgehead atoms. The number of nitrogens with zero attached hydrogens (tertiary/aromatic N) is 2. The van der Waals surface area contributed by atoms with Gasteiger partial charge in [-0.1, -0.05) is 66.7 Å². The molecule has 0 unspecified atom stereocenters. The van der Waals surface area contributed by atoms with E-state index in [1.165, 1.54) is 5.56 Å². The van der Waals surface area contributed by atoms with Crippen molar-refractivity contribution in [3.05, 3.63) is 113 Å². The third-order valence-electron chi connectivity index (χ3n) is 6.70. The van der Waals surface area contributed by atoms with Crippen LogP contribution in [-0.4, -0.2) is 25.0 Å². The molecule has 5 N–H and O–H groups in total. The highest BCUT2D eigenvalue weighted by atomic mass is 35.5. The smallest absolute Gasteiger partial charge is 0.302 e. The Morgan fingerprint density at radius 1 is 0.976 bits per heavy atom. The van der Waals surface area contributed by atoms with Gasteiger partial charge in [0.25, 0.3) is 0 Å². The van der Waals surface area contributed by atoms with Crippen LogP contribution in [0.2, 0.25) is 0 Å². The second kappa shape index (κ2) is 15.1. The fourth-order valence-electron chi connectivity index (χ4n) is 4.72. The fourth-order valence-corrected chi connectivity index (χ4v) is 5.94. The zero-order valence-corrected chi connectivity index (χ0v) is 25.9. The lowest BCUT2D eigenvalue weighted by Crippen LogP contribution is -2.35. The van der Waals surface area contributed by atoms with E-state index in [1.807, 2.05) is 59.5 Å². The molecular weight excluding hydrogens is 593 g/mol. The molecule has 0 saturated heterocycles. The van der Waals surface area contributed by atoms with Crippen molar-refractivity contribution in [2.45, 2.75) is 26.2 Å². The highest BCUT2D eigenvalue weighted by Crippen LogP contribution is 2.51. The highest BCUT2D eigenvalue weighted by Gasteiger charge is 2.31. The summed E-state index contributed by atoms with van der Waals surface area (Å²) >= 11 is 1.64. The number of methoxy groups -OCH3 is 1. The van der Waals surface area contributed by atoms with E-state index in [-0.39, 0.29) is 30.6 Å². The first kappa shape index (κ1) is 32.9. The molecule has 0 saturated carbocycles. The van der Waals surface area contributed by atoms with Crippen LogP contribution in [0.25, 0.3) is 10.4 Å². The Morgan fingerprint density at radius 2 is 1.69 bits per heavy atom. The van der Waals surface area contributed by atoms with Gasteiger partial charge >= 0.3 is 5.91 Å². The van der Waals surface area contributed by atoms with Crippen LogP contribution in [0.15, 0.2) is 90.8 Å². The molecule has 5 rings (SSSR count). The SMILES string of the molecule is COc1cccc(CN2C=C(C(=O)NN)Oc3c2sc(-c2ccc(CN)cc2)c3CN(C)Cc2ccccc2)c1.Cl.Cl. The third kappa shape index (κ3) is 7.43. The minimum atomic E-state index is -0.495. The molecule has 8 nitrogen and oxygen atoms in total. The summed E-state index contributed by atoms with van der Waals surface area (Å²) in [4.78, 5) is 18.1. The van der Waals surface area contributed by atoms with Crippen molar-refractivity contribution in [1.29, 1.82) is 0 Å². The van der Waals surface area contributed by atoms with Crippen LogP contribution in [0.5, 0.6) is 11.5 Å². The molecular formula is C31H35Cl2N5O3S. The summed E-state index contributed by atoms with van der Waals surface area (Å²) in [6, 6.07) is 26.5. The lowest BCUT2D eigenvalue weighted by Gasteiger charge is -2.27. The number of carbonyl (C=O) groups excluding carboxylic acids is 1. The first-order chi connectivity index (χ1) is 19.5. The van der Waals surface area contributed by atoms with Gasteiger partial charge in [-0.15, -0.1) is 36.2 Å². The van der Waals surface area contributed by atoms with Crippen molar-refractivity contribution in [2.24, 2.45) is 11.6 Å². The maximum atomic E-state index is 12.7. The molecule has 2 heterocycles. The quantitative estimate of drug-likeness (QED) is 0.120. The van der Waals surface area contributed by atoms with Crippen LogP contribution in [0, 0.1) is 0 Å². The number of amides is 1. The second-order valence-corrected chi connectivity index (χ2v) is 10.7. The Balaban J connectivity index is 0.00000242. The van der Waals surface area contributed by atoms with E-state index in [1.54, 1.807) is 24.6 Å². The number of halogens is 2. The molecule has 42 heavy (non-hydrogen) atoms. The number of hydrogen-bond donors (Lipinski definition) is 3. The van der Waals surface area contributed by atoms with Crippen molar-refractivity contribution < 1.29 is 14.3 Å². The molecule has 0 aliphatic carbocycles. The molecule has 0 fully saturated rings. The van der Waals surface area contributed by atoms with Gasteiger partial charge in [0.1, 0.15) is 10.8 Å². The predicted molar refractivity (Wildman–Crippen MR) is 174 cm³/mol. The zero-order valence-electron chi connectivity index (χ0n) is 23.4. The minimum Gasteiger partial charge on any atom is -0.497 e. The average molecular weight is 629 g/mol. The molecule has 3 aromatic carbocycles. The second-order valence-electron chi connectivity index (χ2n) is 9.65. The molecule has 4 aromatic rings. The summed E-state index contributed by atoms with van der Waals surface area (Å²) in [5.74, 6) is 6.58. The highest BCUT2D eigenvalue weighted by molar-refractivity contribution is 7.20. The van der Waals surface area contributed by atoms with E-state index in [0.717, 1.165) is 44.4 Å². The van der Waals surface area contributed by atoms with Gasteiger partial charge in [-0.3, -0.25) is 15.1 Å². The summed E-state index contributed by atoms with van der Waals surface area (Å²) in [5, 5.41) is 0.914. The van der Waals surface area contributed by atoms with E-state index < -0.39 is 5.91 Å². The number of carbonyl (C=O) groups is 1. The number of hydrazine groups is 1. The van der Waals surface area contributed by atoms with E-state index in [0.29, 0.717) is 25.4 Å². The average Bonchev–Trinajstić information content (AvgIpc) is 3.35. The lowest BCUT2D eigenvalue weighted by atomic mass is 10.1. The first-order valence-corrected chi connectivity index (χ1v) is 13.8. The summed E-state index contributed by atoms with van der Waals surface area (Å²) in [6.45, 7) is 2.36. The Morgan fingerprint density at radius 3 is 2.36 bits per heavy atom. The summed E-state index contributed by atoms with van der Waals surface area (Å²) in [6.07, 6.45) is 1.71. The van der Waals surface area contributed by atoms with Crippen LogP contribution in [0.1, 0.15) is 22.3 Å². The lowest BCUT2D eigenvalue weighted by molar-refractivity contribution is -0.119. The normalized spacial score (nSPS) is 11.9. The van der Waals surface area contributed by atoms with Gasteiger partial charge in [0, 0.05) is 36.6 Å². The Bertz CT molecular complexity index is 1510.